The first-order chi connectivity index (χ1) is 10.1. The Kier molecular flexibility index (Phi) is 8.76. The van der Waals surface area contributed by atoms with E-state index >= 15 is 0 Å². The van der Waals surface area contributed by atoms with Crippen LogP contribution >= 0.6 is 0 Å². The molecule has 0 aliphatic heterocycles. The summed E-state index contributed by atoms with van der Waals surface area (Å²) in [6.45, 7) is 7.05. The van der Waals surface area contributed by atoms with Crippen molar-refractivity contribution in [1.82, 2.24) is 10.2 Å². The fraction of sp³-hybridized carbons (Fsp3) is 0.611. The highest BCUT2D eigenvalue weighted by Crippen LogP contribution is 2.09. The highest BCUT2D eigenvalue weighted by atomic mass is 16.1. The number of amides is 1. The number of nitrogens with one attached hydrogen (secondary N) is 1. The topological polar surface area (TPSA) is 32.3 Å². The third-order valence-corrected chi connectivity index (χ3v) is 3.65. The standard InChI is InChI=1S/C18H30N2O/c1-4-9-16(2)14-18(21)19-12-8-13-20(3)15-17-10-6-5-7-11-17/h5-7,10-11,16H,4,8-9,12-15H2,1-3H3,(H,19,21). The second kappa shape index (κ2) is 10.4. The predicted molar refractivity (Wildman–Crippen MR) is 89.1 cm³/mol. The van der Waals surface area contributed by atoms with E-state index in [-0.39, 0.29) is 5.91 Å². The quantitative estimate of drug-likeness (QED) is 0.669. The summed E-state index contributed by atoms with van der Waals surface area (Å²) in [6, 6.07) is 10.5. The minimum absolute atomic E-state index is 0.196. The van der Waals surface area contributed by atoms with Crippen LogP contribution in [-0.4, -0.2) is 30.9 Å². The van der Waals surface area contributed by atoms with Crippen molar-refractivity contribution < 1.29 is 4.79 Å². The van der Waals surface area contributed by atoms with Crippen LogP contribution in [0.25, 0.3) is 0 Å². The molecule has 0 spiro atoms. The largest absolute Gasteiger partial charge is 0.356 e. The van der Waals surface area contributed by atoms with Gasteiger partial charge in [-0.15, -0.1) is 0 Å². The zero-order valence-corrected chi connectivity index (χ0v) is 13.8. The summed E-state index contributed by atoms with van der Waals surface area (Å²) in [5.41, 5.74) is 1.33. The number of carbonyl (C=O) groups is 1. The number of benzene rings is 1. The third kappa shape index (κ3) is 8.51. The molecule has 1 aromatic carbocycles. The number of rotatable bonds is 10. The highest BCUT2D eigenvalue weighted by molar-refractivity contribution is 5.76. The molecule has 0 fully saturated rings. The van der Waals surface area contributed by atoms with Crippen LogP contribution in [0.4, 0.5) is 0 Å². The molecule has 0 heterocycles. The van der Waals surface area contributed by atoms with E-state index in [0.717, 1.165) is 38.9 Å². The summed E-state index contributed by atoms with van der Waals surface area (Å²) in [5.74, 6) is 0.692. The molecule has 3 nitrogen and oxygen atoms in total. The molecule has 0 bridgehead atoms. The van der Waals surface area contributed by atoms with E-state index < -0.39 is 0 Å². The van der Waals surface area contributed by atoms with Crippen molar-refractivity contribution in [2.75, 3.05) is 20.1 Å². The van der Waals surface area contributed by atoms with Gasteiger partial charge in [0.25, 0.3) is 0 Å². The zero-order valence-electron chi connectivity index (χ0n) is 13.8. The van der Waals surface area contributed by atoms with E-state index in [1.165, 1.54) is 5.56 Å². The Morgan fingerprint density at radius 3 is 2.67 bits per heavy atom. The van der Waals surface area contributed by atoms with E-state index in [4.69, 9.17) is 0 Å². The molecular formula is C18H30N2O. The lowest BCUT2D eigenvalue weighted by atomic mass is 10.0. The van der Waals surface area contributed by atoms with Gasteiger partial charge in [0.05, 0.1) is 0 Å². The summed E-state index contributed by atoms with van der Waals surface area (Å²) < 4.78 is 0. The Hall–Kier alpha value is -1.35. The van der Waals surface area contributed by atoms with Crippen LogP contribution in [0.5, 0.6) is 0 Å². The molecule has 0 aliphatic rings. The minimum Gasteiger partial charge on any atom is -0.356 e. The highest BCUT2D eigenvalue weighted by Gasteiger charge is 2.07. The first kappa shape index (κ1) is 17.7. The lowest BCUT2D eigenvalue weighted by Gasteiger charge is -2.17. The molecule has 3 heteroatoms. The second-order valence-electron chi connectivity index (χ2n) is 6.02. The monoisotopic (exact) mass is 290 g/mol. The van der Waals surface area contributed by atoms with Gasteiger partial charge in [0.1, 0.15) is 0 Å². The average Bonchev–Trinajstić information content (AvgIpc) is 2.45. The molecule has 0 aliphatic carbocycles. The first-order valence-corrected chi connectivity index (χ1v) is 8.11. The second-order valence-corrected chi connectivity index (χ2v) is 6.02. The molecule has 21 heavy (non-hydrogen) atoms. The van der Waals surface area contributed by atoms with E-state index in [9.17, 15) is 4.79 Å². The van der Waals surface area contributed by atoms with Gasteiger partial charge in [0, 0.05) is 19.5 Å². The molecule has 118 valence electrons. The Bertz CT molecular complexity index is 391. The molecule has 1 unspecified atom stereocenters. The maximum Gasteiger partial charge on any atom is 0.220 e. The van der Waals surface area contributed by atoms with Crippen LogP contribution in [0.2, 0.25) is 0 Å². The summed E-state index contributed by atoms with van der Waals surface area (Å²) >= 11 is 0. The van der Waals surface area contributed by atoms with Crippen LogP contribution in [0.1, 0.15) is 45.1 Å². The molecule has 1 aromatic rings. The zero-order chi connectivity index (χ0) is 15.5. The molecule has 0 saturated carbocycles. The fourth-order valence-electron chi connectivity index (χ4n) is 2.53. The van der Waals surface area contributed by atoms with Crippen molar-refractivity contribution in [1.29, 1.82) is 0 Å². The van der Waals surface area contributed by atoms with Gasteiger partial charge < -0.3 is 10.2 Å². The average molecular weight is 290 g/mol. The van der Waals surface area contributed by atoms with Crippen molar-refractivity contribution in [2.45, 2.75) is 46.1 Å². The van der Waals surface area contributed by atoms with E-state index in [2.05, 4.69) is 55.4 Å². The number of carbonyl (C=O) groups excluding carboxylic acids is 1. The first-order valence-electron chi connectivity index (χ1n) is 8.11. The summed E-state index contributed by atoms with van der Waals surface area (Å²) in [6.07, 6.45) is 3.94. The predicted octanol–water partition coefficient (Wildman–Crippen LogP) is 3.45. The van der Waals surface area contributed by atoms with Crippen molar-refractivity contribution in [3.63, 3.8) is 0 Å². The van der Waals surface area contributed by atoms with Crippen LogP contribution < -0.4 is 5.32 Å². The molecule has 0 aromatic heterocycles. The molecule has 1 atom stereocenters. The summed E-state index contributed by atoms with van der Waals surface area (Å²) in [5, 5.41) is 3.03. The van der Waals surface area contributed by atoms with Crippen LogP contribution in [0, 0.1) is 5.92 Å². The summed E-state index contributed by atoms with van der Waals surface area (Å²) in [4.78, 5) is 14.0. The summed E-state index contributed by atoms with van der Waals surface area (Å²) in [7, 11) is 2.12. The van der Waals surface area contributed by atoms with Gasteiger partial charge in [0.2, 0.25) is 5.91 Å². The van der Waals surface area contributed by atoms with E-state index in [1.807, 2.05) is 6.07 Å². The maximum atomic E-state index is 11.7. The van der Waals surface area contributed by atoms with Gasteiger partial charge in [0.15, 0.2) is 0 Å². The minimum atomic E-state index is 0.196. The molecule has 0 saturated heterocycles. The molecule has 1 amide bonds. The van der Waals surface area contributed by atoms with Crippen LogP contribution in [-0.2, 0) is 11.3 Å². The Balaban J connectivity index is 2.09. The molecule has 1 N–H and O–H groups in total. The van der Waals surface area contributed by atoms with Crippen molar-refractivity contribution in [3.05, 3.63) is 35.9 Å². The molecule has 0 radical (unpaired) electrons. The smallest absolute Gasteiger partial charge is 0.220 e. The van der Waals surface area contributed by atoms with Gasteiger partial charge in [-0.25, -0.2) is 0 Å². The third-order valence-electron chi connectivity index (χ3n) is 3.65. The van der Waals surface area contributed by atoms with Gasteiger partial charge >= 0.3 is 0 Å². The Morgan fingerprint density at radius 1 is 1.29 bits per heavy atom. The van der Waals surface area contributed by atoms with Gasteiger partial charge in [-0.05, 0) is 31.5 Å². The maximum absolute atomic E-state index is 11.7. The molecule has 1 rings (SSSR count). The SMILES string of the molecule is CCCC(C)CC(=O)NCCCN(C)Cc1ccccc1. The Labute approximate surface area is 129 Å². The lowest BCUT2D eigenvalue weighted by Crippen LogP contribution is -2.29. The Morgan fingerprint density at radius 2 is 2.00 bits per heavy atom. The van der Waals surface area contributed by atoms with Gasteiger partial charge in [-0.1, -0.05) is 57.0 Å². The number of hydrogen-bond acceptors (Lipinski definition) is 2. The number of hydrogen-bond donors (Lipinski definition) is 1. The van der Waals surface area contributed by atoms with Crippen molar-refractivity contribution in [3.8, 4) is 0 Å². The van der Waals surface area contributed by atoms with E-state index in [1.54, 1.807) is 0 Å². The van der Waals surface area contributed by atoms with Gasteiger partial charge in [-0.3, -0.25) is 4.79 Å². The normalized spacial score (nSPS) is 12.4. The van der Waals surface area contributed by atoms with Crippen molar-refractivity contribution in [2.24, 2.45) is 5.92 Å². The van der Waals surface area contributed by atoms with Gasteiger partial charge in [-0.2, -0.15) is 0 Å². The number of nitrogens with zero attached hydrogens (tertiary/aromatic N) is 1. The van der Waals surface area contributed by atoms with Crippen LogP contribution in [0.15, 0.2) is 30.3 Å². The fourth-order valence-corrected chi connectivity index (χ4v) is 2.53. The lowest BCUT2D eigenvalue weighted by molar-refractivity contribution is -0.121. The molecular weight excluding hydrogens is 260 g/mol. The van der Waals surface area contributed by atoms with Crippen LogP contribution in [0.3, 0.4) is 0 Å². The van der Waals surface area contributed by atoms with Crippen molar-refractivity contribution >= 4 is 5.91 Å². The van der Waals surface area contributed by atoms with E-state index in [0.29, 0.717) is 12.3 Å².